The Morgan fingerprint density at radius 1 is 0.769 bits per heavy atom. The van der Waals surface area contributed by atoms with Gasteiger partial charge in [-0.05, 0) is 94.5 Å². The first kappa shape index (κ1) is 62.7. The van der Waals surface area contributed by atoms with E-state index >= 15 is 4.79 Å². The number of allylic oxidation sites excluding steroid dienone is 1. The Kier molecular flexibility index (Phi) is 24.8. The van der Waals surface area contributed by atoms with Crippen LogP contribution in [-0.4, -0.2) is 141 Å². The first-order valence-corrected chi connectivity index (χ1v) is 29.0. The van der Waals surface area contributed by atoms with Gasteiger partial charge in [-0.1, -0.05) is 119 Å². The second-order valence-electron chi connectivity index (χ2n) is 21.0. The number of carbonyl (C=O) groups excluding carboxylic acids is 8. The maximum absolute atomic E-state index is 15.0. The number of Topliss-reactive ketones (excluding diaryl/α,β-unsaturated/α-hetero) is 2. The van der Waals surface area contributed by atoms with Gasteiger partial charge in [-0.25, -0.2) is 4.79 Å². The fourth-order valence-corrected chi connectivity index (χ4v) is 11.3. The van der Waals surface area contributed by atoms with Crippen molar-refractivity contribution in [3.05, 3.63) is 113 Å². The van der Waals surface area contributed by atoms with E-state index in [1.54, 1.807) is 32.9 Å². The van der Waals surface area contributed by atoms with Crippen LogP contribution < -0.4 is 37.6 Å². The highest BCUT2D eigenvalue weighted by Crippen LogP contribution is 2.32. The second-order valence-corrected chi connectivity index (χ2v) is 23.5. The number of alkyl carbamates (subject to hydrolysis) is 1. The number of benzene rings is 3. The number of rotatable bonds is 18. The molecule has 1 saturated heterocycles. The average Bonchev–Trinajstić information content (AvgIpc) is 3.81. The minimum Gasteiger partial charge on any atom is -0.444 e. The summed E-state index contributed by atoms with van der Waals surface area (Å²) in [6.45, 7) is 7.32. The third-order valence-corrected chi connectivity index (χ3v) is 15.8. The minimum atomic E-state index is -1.67. The number of carbonyl (C=O) groups is 8. The Bertz CT molecular complexity index is 2550. The molecule has 0 bridgehead atoms. The number of ether oxygens (including phenoxy) is 1. The zero-order valence-corrected chi connectivity index (χ0v) is 46.7. The van der Waals surface area contributed by atoms with E-state index in [9.17, 15) is 48.9 Å². The topological polar surface area (TPSA) is 305 Å². The van der Waals surface area contributed by atoms with E-state index in [4.69, 9.17) is 10.5 Å². The van der Waals surface area contributed by atoms with Crippen molar-refractivity contribution in [1.82, 2.24) is 31.9 Å². The maximum Gasteiger partial charge on any atom is 0.407 e. The highest BCUT2D eigenvalue weighted by atomic mass is 33.1. The van der Waals surface area contributed by atoms with Crippen LogP contribution in [0.15, 0.2) is 91.0 Å². The third kappa shape index (κ3) is 20.3. The van der Waals surface area contributed by atoms with Crippen LogP contribution in [0.2, 0.25) is 0 Å². The molecule has 10 atom stereocenters. The van der Waals surface area contributed by atoms with Crippen molar-refractivity contribution < 1.29 is 58.4 Å². The number of unbranched alkanes of at least 4 members (excludes halogenated alkanes) is 1. The number of ketones is 2. The average molecular weight is 1120 g/mol. The monoisotopic (exact) mass is 1120 g/mol. The number of aliphatic hydroxyl groups excluding tert-OH is 3. The van der Waals surface area contributed by atoms with Crippen LogP contribution in [0.4, 0.5) is 4.79 Å². The number of aliphatic hydroxyl groups is 3. The first-order chi connectivity index (χ1) is 37.1. The summed E-state index contributed by atoms with van der Waals surface area (Å²) < 4.78 is 5.35. The van der Waals surface area contributed by atoms with Crippen LogP contribution in [-0.2, 0) is 57.6 Å². The van der Waals surface area contributed by atoms with Crippen LogP contribution >= 0.6 is 21.6 Å². The lowest BCUT2D eigenvalue weighted by atomic mass is 9.88. The van der Waals surface area contributed by atoms with E-state index in [2.05, 4.69) is 31.9 Å². The van der Waals surface area contributed by atoms with Crippen molar-refractivity contribution in [2.45, 2.75) is 146 Å². The molecule has 11 N–H and O–H groups in total. The zero-order chi connectivity index (χ0) is 56.9. The lowest BCUT2D eigenvalue weighted by Gasteiger charge is -2.29. The predicted octanol–water partition coefficient (Wildman–Crippen LogP) is 3.25. The van der Waals surface area contributed by atoms with Gasteiger partial charge >= 0.3 is 6.09 Å². The summed E-state index contributed by atoms with van der Waals surface area (Å²) in [6.07, 6.45) is -0.688. The number of nitrogens with two attached hydrogens (primary N) is 1. The molecule has 2 aliphatic rings. The molecular formula is C57H77N7O12S2. The minimum absolute atomic E-state index is 0.0297. The standard InChI is InChI=1S/C57H77N7O12S2/c1-34(66)45(31-65)61-54(73)47-33-78-77-32-46(62-53(72)43(58)27-37-18-10-7-11-19-37)49(69)30-41(26-36-16-8-6-9-17-36)52(71)60-44(28-39-24-23-38-20-12-13-22-42(38)39)48(68)29-40(51(70)64-50(35(2)67)55(74)63-47)21-14-15-25-59-56(75)76-57(3,4)5/h6-13,16-20,22,24,34-35,40-41,43-47,50,65-67H,14-15,21,23,25-33,58H2,1-5H3,(H,59,75)(H,60,71)(H,61,73)(H,62,72)(H,63,74)(H,64,70)/t34-,35-,40-,41-,43-,44-,45-,46+,47+,50+/m1/s1. The van der Waals surface area contributed by atoms with Crippen LogP contribution in [0.1, 0.15) is 95.4 Å². The SMILES string of the molecule is C[C@@H](O)[C@@H]1NC(=O)[C@H](CCCCNC(=O)OC(C)(C)C)CC(=O)[C@@H](CC2=CCc3ccccc32)NC(=O)[C@H](Cc2ccccc2)CC(=O)[C@@H](NC(=O)[C@H](N)Cc2ccccc2)CSSC[C@@H](C(=O)N[C@H](CO)[C@@H](C)O)NC1=O. The summed E-state index contributed by atoms with van der Waals surface area (Å²) in [5, 5.41) is 47.5. The van der Waals surface area contributed by atoms with Gasteiger partial charge in [0.1, 0.15) is 17.7 Å². The van der Waals surface area contributed by atoms with Crippen LogP contribution in [0.25, 0.3) is 5.57 Å². The number of fused-ring (bicyclic) bond motifs is 1. The third-order valence-electron chi connectivity index (χ3n) is 13.4. The summed E-state index contributed by atoms with van der Waals surface area (Å²) in [4.78, 5) is 114. The molecule has 0 aromatic heterocycles. The normalized spacial score (nSPS) is 22.7. The van der Waals surface area contributed by atoms with Gasteiger partial charge in [-0.2, -0.15) is 0 Å². The zero-order valence-electron chi connectivity index (χ0n) is 45.0. The molecule has 0 saturated carbocycles. The molecule has 1 heterocycles. The molecule has 0 radical (unpaired) electrons. The molecule has 1 fully saturated rings. The molecule has 1 aliphatic carbocycles. The van der Waals surface area contributed by atoms with Crippen molar-refractivity contribution in [3.63, 3.8) is 0 Å². The van der Waals surface area contributed by atoms with Crippen molar-refractivity contribution in [1.29, 1.82) is 0 Å². The highest BCUT2D eigenvalue weighted by Gasteiger charge is 2.37. The van der Waals surface area contributed by atoms with Gasteiger partial charge in [-0.3, -0.25) is 33.6 Å². The quantitative estimate of drug-likeness (QED) is 0.0646. The first-order valence-electron chi connectivity index (χ1n) is 26.5. The molecule has 5 rings (SSSR count). The Morgan fingerprint density at radius 2 is 1.40 bits per heavy atom. The Morgan fingerprint density at radius 3 is 2.05 bits per heavy atom. The number of hydrogen-bond donors (Lipinski definition) is 10. The molecule has 21 heteroatoms. The van der Waals surface area contributed by atoms with Gasteiger partial charge in [0.15, 0.2) is 11.6 Å². The molecule has 0 unspecified atom stereocenters. The summed E-state index contributed by atoms with van der Waals surface area (Å²) in [5.41, 5.74) is 9.89. The van der Waals surface area contributed by atoms with E-state index in [0.29, 0.717) is 19.3 Å². The van der Waals surface area contributed by atoms with E-state index in [0.717, 1.165) is 49.4 Å². The highest BCUT2D eigenvalue weighted by molar-refractivity contribution is 8.76. The fourth-order valence-electron chi connectivity index (χ4n) is 8.99. The van der Waals surface area contributed by atoms with Crippen LogP contribution in [0.5, 0.6) is 0 Å². The van der Waals surface area contributed by atoms with E-state index < -0.39 is 126 Å². The maximum atomic E-state index is 15.0. The molecule has 6 amide bonds. The van der Waals surface area contributed by atoms with Gasteiger partial charge in [0.2, 0.25) is 29.5 Å². The predicted molar refractivity (Wildman–Crippen MR) is 300 cm³/mol. The van der Waals surface area contributed by atoms with Crippen molar-refractivity contribution in [2.75, 3.05) is 24.7 Å². The summed E-state index contributed by atoms with van der Waals surface area (Å²) in [7, 11) is 2.12. The van der Waals surface area contributed by atoms with Gasteiger partial charge in [-0.15, -0.1) is 0 Å². The summed E-state index contributed by atoms with van der Waals surface area (Å²) >= 11 is 0. The Hall–Kier alpha value is -6.10. The van der Waals surface area contributed by atoms with Crippen molar-refractivity contribution >= 4 is 74.4 Å². The van der Waals surface area contributed by atoms with Crippen molar-refractivity contribution in [3.8, 4) is 0 Å². The molecule has 3 aromatic rings. The molecule has 19 nitrogen and oxygen atoms in total. The fraction of sp³-hybridized carbons (Fsp3) is 0.509. The lowest BCUT2D eigenvalue weighted by molar-refractivity contribution is -0.137. The molecular weight excluding hydrogens is 1040 g/mol. The summed E-state index contributed by atoms with van der Waals surface area (Å²) in [6, 6.07) is 18.1. The number of nitrogens with one attached hydrogen (secondary N) is 6. The Balaban J connectivity index is 1.55. The second kappa shape index (κ2) is 30.9. The largest absolute Gasteiger partial charge is 0.444 e. The molecule has 0 spiro atoms. The van der Waals surface area contributed by atoms with E-state index in [1.807, 2.05) is 78.9 Å². The number of amides is 6. The molecule has 1 aliphatic heterocycles. The van der Waals surface area contributed by atoms with E-state index in [-0.39, 0.29) is 50.2 Å². The molecule has 424 valence electrons. The number of hydrogen-bond acceptors (Lipinski definition) is 15. The molecule has 3 aromatic carbocycles. The van der Waals surface area contributed by atoms with E-state index in [1.165, 1.54) is 13.8 Å². The van der Waals surface area contributed by atoms with Crippen LogP contribution in [0.3, 0.4) is 0 Å². The smallest absolute Gasteiger partial charge is 0.407 e. The van der Waals surface area contributed by atoms with Gasteiger partial charge in [0, 0.05) is 49.1 Å². The lowest BCUT2D eigenvalue weighted by Crippen LogP contribution is -2.60. The molecule has 78 heavy (non-hydrogen) atoms. The van der Waals surface area contributed by atoms with Gasteiger partial charge < -0.3 is 57.7 Å². The van der Waals surface area contributed by atoms with Crippen molar-refractivity contribution in [2.24, 2.45) is 17.6 Å². The Labute approximate surface area is 464 Å². The summed E-state index contributed by atoms with van der Waals surface area (Å²) in [5.74, 6) is -7.39. The van der Waals surface area contributed by atoms with Gasteiger partial charge in [0.25, 0.3) is 0 Å². The van der Waals surface area contributed by atoms with Gasteiger partial charge in [0.05, 0.1) is 43.0 Å². The van der Waals surface area contributed by atoms with Crippen LogP contribution in [0, 0.1) is 11.8 Å².